The molecule has 4 heterocycles. The minimum absolute atomic E-state index is 0.273. The predicted octanol–water partition coefficient (Wildman–Crippen LogP) is 3.98. The third-order valence-electron chi connectivity index (χ3n) is 7.09. The summed E-state index contributed by atoms with van der Waals surface area (Å²) in [6, 6.07) is 17.0. The van der Waals surface area contributed by atoms with Crippen molar-refractivity contribution in [2.45, 2.75) is 38.4 Å². The summed E-state index contributed by atoms with van der Waals surface area (Å²) in [6.07, 6.45) is 4.49. The number of benzene rings is 2. The van der Waals surface area contributed by atoms with Crippen LogP contribution in [0.15, 0.2) is 54.7 Å². The number of carbonyl (C=O) groups is 1. The second-order valence-electron chi connectivity index (χ2n) is 9.13. The van der Waals surface area contributed by atoms with Crippen molar-refractivity contribution in [3.8, 4) is 11.5 Å². The van der Waals surface area contributed by atoms with Crippen LogP contribution in [0.2, 0.25) is 0 Å². The van der Waals surface area contributed by atoms with Crippen LogP contribution < -0.4 is 9.47 Å². The number of carbonyl (C=O) groups excluding carboxylic acids is 1. The lowest BCUT2D eigenvalue weighted by Gasteiger charge is -2.47. The largest absolute Gasteiger partial charge is 0.454 e. The van der Waals surface area contributed by atoms with E-state index in [-0.39, 0.29) is 12.7 Å². The fraction of sp³-hybridized carbons (Fsp3) is 0.385. The van der Waals surface area contributed by atoms with Crippen molar-refractivity contribution in [2.75, 3.05) is 19.9 Å². The van der Waals surface area contributed by atoms with Crippen LogP contribution in [0.5, 0.6) is 11.5 Å². The molecule has 2 atom stereocenters. The Morgan fingerprint density at radius 1 is 0.969 bits per heavy atom. The Morgan fingerprint density at radius 3 is 2.81 bits per heavy atom. The van der Waals surface area contributed by atoms with Crippen molar-refractivity contribution in [3.63, 3.8) is 0 Å². The third kappa shape index (κ3) is 3.69. The van der Waals surface area contributed by atoms with E-state index < -0.39 is 0 Å². The molecule has 0 saturated carbocycles. The summed E-state index contributed by atoms with van der Waals surface area (Å²) in [5.74, 6) is 2.37. The van der Waals surface area contributed by atoms with Gasteiger partial charge in [-0.15, -0.1) is 0 Å². The molecule has 3 aliphatic rings. The maximum atomic E-state index is 12.8. The van der Waals surface area contributed by atoms with Crippen molar-refractivity contribution in [2.24, 2.45) is 5.92 Å². The van der Waals surface area contributed by atoms with Crippen molar-refractivity contribution >= 4 is 16.8 Å². The van der Waals surface area contributed by atoms with E-state index >= 15 is 0 Å². The van der Waals surface area contributed by atoms with Crippen molar-refractivity contribution < 1.29 is 14.3 Å². The molecular formula is C26H27N3O3. The van der Waals surface area contributed by atoms with E-state index in [1.54, 1.807) is 0 Å². The normalized spacial score (nSPS) is 22.9. The molecule has 0 aliphatic carbocycles. The molecule has 2 fully saturated rings. The Labute approximate surface area is 187 Å². The molecule has 6 rings (SSSR count). The van der Waals surface area contributed by atoms with Gasteiger partial charge in [0.1, 0.15) is 0 Å². The number of likely N-dealkylation sites (tertiary alicyclic amines) is 2. The highest BCUT2D eigenvalue weighted by Crippen LogP contribution is 2.36. The van der Waals surface area contributed by atoms with E-state index in [1.165, 1.54) is 10.9 Å². The van der Waals surface area contributed by atoms with E-state index in [0.29, 0.717) is 24.9 Å². The summed E-state index contributed by atoms with van der Waals surface area (Å²) in [5, 5.41) is 1.19. The lowest BCUT2D eigenvalue weighted by molar-refractivity contribution is -0.142. The van der Waals surface area contributed by atoms with Gasteiger partial charge < -0.3 is 14.4 Å². The van der Waals surface area contributed by atoms with Crippen LogP contribution in [-0.4, -0.2) is 46.6 Å². The summed E-state index contributed by atoms with van der Waals surface area (Å²) >= 11 is 0. The van der Waals surface area contributed by atoms with Crippen LogP contribution in [0.25, 0.3) is 10.9 Å². The summed E-state index contributed by atoms with van der Waals surface area (Å²) in [6.45, 7) is 3.92. The Hall–Kier alpha value is -3.12. The van der Waals surface area contributed by atoms with Crippen LogP contribution >= 0.6 is 0 Å². The maximum Gasteiger partial charge on any atom is 0.231 e. The molecular weight excluding hydrogens is 402 g/mol. The van der Waals surface area contributed by atoms with Crippen molar-refractivity contribution in [1.82, 2.24) is 14.8 Å². The quantitative estimate of drug-likeness (QED) is 0.628. The number of aromatic nitrogens is 1. The van der Waals surface area contributed by atoms with Gasteiger partial charge in [0.25, 0.3) is 0 Å². The first kappa shape index (κ1) is 19.6. The number of piperidine rings is 2. The van der Waals surface area contributed by atoms with Gasteiger partial charge in [0.05, 0.1) is 5.52 Å². The minimum Gasteiger partial charge on any atom is -0.454 e. The molecule has 3 aliphatic heterocycles. The Balaban J connectivity index is 1.14. The highest BCUT2D eigenvalue weighted by atomic mass is 16.7. The van der Waals surface area contributed by atoms with Gasteiger partial charge in [-0.2, -0.15) is 0 Å². The minimum atomic E-state index is 0.273. The number of rotatable bonds is 4. The molecule has 0 unspecified atom stereocenters. The van der Waals surface area contributed by atoms with E-state index in [1.807, 2.05) is 30.5 Å². The fourth-order valence-electron chi connectivity index (χ4n) is 5.49. The van der Waals surface area contributed by atoms with Crippen LogP contribution in [-0.2, 0) is 17.9 Å². The number of amides is 1. The van der Waals surface area contributed by atoms with Crippen LogP contribution in [0.4, 0.5) is 0 Å². The number of hydrogen-bond acceptors (Lipinski definition) is 5. The lowest BCUT2D eigenvalue weighted by atomic mass is 9.83. The highest BCUT2D eigenvalue weighted by molar-refractivity contribution is 5.79. The van der Waals surface area contributed by atoms with Gasteiger partial charge in [0, 0.05) is 50.2 Å². The molecule has 0 radical (unpaired) electrons. The first-order valence-electron chi connectivity index (χ1n) is 11.5. The van der Waals surface area contributed by atoms with Gasteiger partial charge in [-0.1, -0.05) is 18.2 Å². The van der Waals surface area contributed by atoms with Gasteiger partial charge in [-0.3, -0.25) is 14.7 Å². The Bertz CT molecular complexity index is 1160. The monoisotopic (exact) mass is 429 g/mol. The van der Waals surface area contributed by atoms with Crippen molar-refractivity contribution in [1.29, 1.82) is 0 Å². The summed E-state index contributed by atoms with van der Waals surface area (Å²) < 4.78 is 10.9. The molecule has 0 bridgehead atoms. The van der Waals surface area contributed by atoms with E-state index in [0.717, 1.165) is 55.1 Å². The smallest absolute Gasteiger partial charge is 0.231 e. The first-order valence-corrected chi connectivity index (χ1v) is 11.5. The molecule has 0 N–H and O–H groups in total. The van der Waals surface area contributed by atoms with Crippen molar-refractivity contribution in [3.05, 3.63) is 65.9 Å². The maximum absolute atomic E-state index is 12.8. The topological polar surface area (TPSA) is 54.9 Å². The van der Waals surface area contributed by atoms with Gasteiger partial charge in [-0.25, -0.2) is 0 Å². The number of fused-ring (bicyclic) bond motifs is 3. The first-order chi connectivity index (χ1) is 15.7. The van der Waals surface area contributed by atoms with Crippen LogP contribution in [0.1, 0.15) is 30.4 Å². The SMILES string of the molecule is O=C1CC[C@@H]2CN(Cc3ccc4ncccc4c3)CC[C@@H]2N1Cc1ccc2c(c1)OCO2. The summed E-state index contributed by atoms with van der Waals surface area (Å²) in [5.41, 5.74) is 3.48. The predicted molar refractivity (Wildman–Crippen MR) is 121 cm³/mol. The molecule has 0 spiro atoms. The molecule has 3 aromatic rings. The number of hydrogen-bond donors (Lipinski definition) is 0. The number of ether oxygens (including phenoxy) is 2. The third-order valence-corrected chi connectivity index (χ3v) is 7.09. The average molecular weight is 430 g/mol. The van der Waals surface area contributed by atoms with Gasteiger partial charge in [-0.05, 0) is 60.2 Å². The molecule has 1 amide bonds. The van der Waals surface area contributed by atoms with Crippen LogP contribution in [0, 0.1) is 5.92 Å². The van der Waals surface area contributed by atoms with E-state index in [2.05, 4.69) is 39.0 Å². The van der Waals surface area contributed by atoms with E-state index in [9.17, 15) is 4.79 Å². The second-order valence-corrected chi connectivity index (χ2v) is 9.13. The molecule has 164 valence electrons. The Kier molecular flexibility index (Phi) is 4.95. The zero-order valence-corrected chi connectivity index (χ0v) is 18.1. The Morgan fingerprint density at radius 2 is 1.84 bits per heavy atom. The fourth-order valence-corrected chi connectivity index (χ4v) is 5.49. The summed E-state index contributed by atoms with van der Waals surface area (Å²) in [4.78, 5) is 21.9. The van der Waals surface area contributed by atoms with Gasteiger partial charge in [0.15, 0.2) is 11.5 Å². The van der Waals surface area contributed by atoms with Crippen LogP contribution in [0.3, 0.4) is 0 Å². The molecule has 2 saturated heterocycles. The zero-order chi connectivity index (χ0) is 21.5. The standard InChI is InChI=1S/C26H27N3O3/c30-26-8-5-21-16-28(14-18-3-6-22-20(12-18)2-1-10-27-22)11-9-23(21)29(26)15-19-4-7-24-25(13-19)32-17-31-24/h1-4,6-7,10,12-13,21,23H,5,8-9,11,14-17H2/t21-,23+/m1/s1. The van der Waals surface area contributed by atoms with Gasteiger partial charge in [0.2, 0.25) is 12.7 Å². The average Bonchev–Trinajstić information content (AvgIpc) is 3.29. The zero-order valence-electron chi connectivity index (χ0n) is 18.1. The van der Waals surface area contributed by atoms with E-state index in [4.69, 9.17) is 9.47 Å². The highest BCUT2D eigenvalue weighted by Gasteiger charge is 2.39. The lowest BCUT2D eigenvalue weighted by Crippen LogP contribution is -2.55. The molecule has 1 aromatic heterocycles. The molecule has 6 nitrogen and oxygen atoms in total. The number of nitrogens with zero attached hydrogens (tertiary/aromatic N) is 3. The van der Waals surface area contributed by atoms with Gasteiger partial charge >= 0.3 is 0 Å². The number of pyridine rings is 1. The molecule has 2 aromatic carbocycles. The molecule has 32 heavy (non-hydrogen) atoms. The molecule has 6 heteroatoms. The second kappa shape index (κ2) is 8.10. The summed E-state index contributed by atoms with van der Waals surface area (Å²) in [7, 11) is 0.